The maximum absolute atomic E-state index is 11.9. The van der Waals surface area contributed by atoms with Gasteiger partial charge in [-0.1, -0.05) is 18.2 Å². The van der Waals surface area contributed by atoms with E-state index in [4.69, 9.17) is 4.74 Å². The minimum Gasteiger partial charge on any atom is -0.372 e. The molecule has 0 aromatic heterocycles. The fourth-order valence-electron chi connectivity index (χ4n) is 2.91. The molecule has 2 aliphatic rings. The molecular weight excluding hydrogens is 266 g/mol. The van der Waals surface area contributed by atoms with Crippen molar-refractivity contribution in [1.29, 1.82) is 0 Å². The molecule has 0 saturated carbocycles. The summed E-state index contributed by atoms with van der Waals surface area (Å²) in [5.74, 6) is 0. The first-order chi connectivity index (χ1) is 10.2. The first-order valence-electron chi connectivity index (χ1n) is 7.62. The van der Waals surface area contributed by atoms with Crippen LogP contribution in [-0.4, -0.2) is 37.1 Å². The van der Waals surface area contributed by atoms with Gasteiger partial charge in [-0.3, -0.25) is 0 Å². The Morgan fingerprint density at radius 2 is 2.05 bits per heavy atom. The number of urea groups is 1. The summed E-state index contributed by atoms with van der Waals surface area (Å²) in [6, 6.07) is 6.51. The van der Waals surface area contributed by atoms with E-state index in [-0.39, 0.29) is 6.03 Å². The van der Waals surface area contributed by atoms with Gasteiger partial charge in [0.25, 0.3) is 0 Å². The van der Waals surface area contributed by atoms with Gasteiger partial charge in [0.05, 0.1) is 13.2 Å². The van der Waals surface area contributed by atoms with Crippen molar-refractivity contribution >= 4 is 6.03 Å². The van der Waals surface area contributed by atoms with E-state index in [1.807, 2.05) is 0 Å². The summed E-state index contributed by atoms with van der Waals surface area (Å²) in [6.07, 6.45) is 2.06. The number of fused-ring (bicyclic) bond motifs is 1. The van der Waals surface area contributed by atoms with Crippen molar-refractivity contribution in [3.05, 3.63) is 34.9 Å². The SMILES string of the molecule is CN1CCC(NC(=O)NCc2ccc3c(c2)COC3)CC1. The molecule has 1 saturated heterocycles. The number of ether oxygens (including phenoxy) is 1. The van der Waals surface area contributed by atoms with Crippen molar-refractivity contribution in [3.8, 4) is 0 Å². The fraction of sp³-hybridized carbons (Fsp3) is 0.562. The first-order valence-corrected chi connectivity index (χ1v) is 7.62. The number of carbonyl (C=O) groups excluding carboxylic acids is 1. The van der Waals surface area contributed by atoms with Gasteiger partial charge in [-0.25, -0.2) is 4.79 Å². The Morgan fingerprint density at radius 1 is 1.29 bits per heavy atom. The number of likely N-dealkylation sites (tertiary alicyclic amines) is 1. The number of nitrogens with zero attached hydrogens (tertiary/aromatic N) is 1. The highest BCUT2D eigenvalue weighted by molar-refractivity contribution is 5.74. The van der Waals surface area contributed by atoms with E-state index in [1.54, 1.807) is 0 Å². The highest BCUT2D eigenvalue weighted by Crippen LogP contribution is 2.20. The summed E-state index contributed by atoms with van der Waals surface area (Å²) < 4.78 is 5.40. The van der Waals surface area contributed by atoms with Crippen molar-refractivity contribution < 1.29 is 9.53 Å². The molecule has 2 amide bonds. The molecule has 0 aliphatic carbocycles. The minimum atomic E-state index is -0.0682. The van der Waals surface area contributed by atoms with E-state index < -0.39 is 0 Å². The van der Waals surface area contributed by atoms with Crippen LogP contribution >= 0.6 is 0 Å². The van der Waals surface area contributed by atoms with Crippen molar-refractivity contribution in [2.45, 2.75) is 38.6 Å². The Balaban J connectivity index is 1.45. The Labute approximate surface area is 125 Å². The van der Waals surface area contributed by atoms with Gasteiger partial charge in [0.15, 0.2) is 0 Å². The predicted octanol–water partition coefficient (Wildman–Crippen LogP) is 1.61. The normalized spacial score (nSPS) is 19.3. The monoisotopic (exact) mass is 289 g/mol. The Hall–Kier alpha value is -1.59. The van der Waals surface area contributed by atoms with Gasteiger partial charge < -0.3 is 20.3 Å². The first kappa shape index (κ1) is 14.4. The van der Waals surface area contributed by atoms with Crippen LogP contribution in [0.4, 0.5) is 4.79 Å². The van der Waals surface area contributed by atoms with Crippen LogP contribution in [0.25, 0.3) is 0 Å². The minimum absolute atomic E-state index is 0.0682. The van der Waals surface area contributed by atoms with Crippen LogP contribution in [0.3, 0.4) is 0 Å². The number of carbonyl (C=O) groups is 1. The van der Waals surface area contributed by atoms with Gasteiger partial charge in [0, 0.05) is 12.6 Å². The summed E-state index contributed by atoms with van der Waals surface area (Å²) in [5, 5.41) is 6.00. The molecule has 0 atom stereocenters. The standard InChI is InChI=1S/C16H23N3O2/c1-19-6-4-15(5-7-19)18-16(20)17-9-12-2-3-13-10-21-11-14(13)8-12/h2-3,8,15H,4-7,9-11H2,1H3,(H2,17,18,20). The molecule has 114 valence electrons. The van der Waals surface area contributed by atoms with Gasteiger partial charge in [-0.2, -0.15) is 0 Å². The maximum atomic E-state index is 11.9. The van der Waals surface area contributed by atoms with E-state index in [0.717, 1.165) is 31.5 Å². The number of benzene rings is 1. The molecule has 3 rings (SSSR count). The third-order valence-electron chi connectivity index (χ3n) is 4.29. The predicted molar refractivity (Wildman–Crippen MR) is 80.8 cm³/mol. The van der Waals surface area contributed by atoms with E-state index in [1.165, 1.54) is 11.1 Å². The van der Waals surface area contributed by atoms with Gasteiger partial charge in [0.2, 0.25) is 0 Å². The van der Waals surface area contributed by atoms with Gasteiger partial charge in [0.1, 0.15) is 0 Å². The highest BCUT2D eigenvalue weighted by Gasteiger charge is 2.18. The summed E-state index contributed by atoms with van der Waals surface area (Å²) >= 11 is 0. The average Bonchev–Trinajstić information content (AvgIpc) is 2.95. The highest BCUT2D eigenvalue weighted by atomic mass is 16.5. The number of hydrogen-bond donors (Lipinski definition) is 2. The summed E-state index contributed by atoms with van der Waals surface area (Å²) in [5.41, 5.74) is 3.62. The van der Waals surface area contributed by atoms with E-state index in [2.05, 4.69) is 40.8 Å². The van der Waals surface area contributed by atoms with Gasteiger partial charge >= 0.3 is 6.03 Å². The third-order valence-corrected chi connectivity index (χ3v) is 4.29. The van der Waals surface area contributed by atoms with E-state index in [0.29, 0.717) is 25.8 Å². The molecule has 0 radical (unpaired) electrons. The lowest BCUT2D eigenvalue weighted by atomic mass is 10.1. The molecule has 0 bridgehead atoms. The topological polar surface area (TPSA) is 53.6 Å². The second-order valence-corrected chi connectivity index (χ2v) is 6.00. The van der Waals surface area contributed by atoms with Crippen LogP contribution in [0.2, 0.25) is 0 Å². The van der Waals surface area contributed by atoms with Crippen LogP contribution in [0.15, 0.2) is 18.2 Å². The van der Waals surface area contributed by atoms with Gasteiger partial charge in [-0.15, -0.1) is 0 Å². The van der Waals surface area contributed by atoms with Gasteiger partial charge in [-0.05, 0) is 49.7 Å². The molecule has 2 aliphatic heterocycles. The lowest BCUT2D eigenvalue weighted by Crippen LogP contribution is -2.46. The molecule has 21 heavy (non-hydrogen) atoms. The smallest absolute Gasteiger partial charge is 0.315 e. The zero-order chi connectivity index (χ0) is 14.7. The Bertz CT molecular complexity index is 510. The van der Waals surface area contributed by atoms with Crippen molar-refractivity contribution in [1.82, 2.24) is 15.5 Å². The van der Waals surface area contributed by atoms with E-state index >= 15 is 0 Å². The van der Waals surface area contributed by atoms with Crippen LogP contribution in [0.1, 0.15) is 29.5 Å². The maximum Gasteiger partial charge on any atom is 0.315 e. The molecule has 2 N–H and O–H groups in total. The zero-order valence-corrected chi connectivity index (χ0v) is 12.5. The number of rotatable bonds is 3. The number of amides is 2. The molecule has 1 aromatic carbocycles. The fourth-order valence-corrected chi connectivity index (χ4v) is 2.91. The molecule has 1 aromatic rings. The van der Waals surface area contributed by atoms with Crippen LogP contribution in [-0.2, 0) is 24.5 Å². The third kappa shape index (κ3) is 3.74. The molecule has 5 heteroatoms. The van der Waals surface area contributed by atoms with Crippen LogP contribution in [0.5, 0.6) is 0 Å². The molecule has 2 heterocycles. The molecule has 0 unspecified atom stereocenters. The lowest BCUT2D eigenvalue weighted by molar-refractivity contribution is 0.134. The van der Waals surface area contributed by atoms with E-state index in [9.17, 15) is 4.79 Å². The summed E-state index contributed by atoms with van der Waals surface area (Å²) in [7, 11) is 2.12. The largest absolute Gasteiger partial charge is 0.372 e. The Kier molecular flexibility index (Phi) is 4.41. The number of piperidine rings is 1. The average molecular weight is 289 g/mol. The molecule has 1 fully saturated rings. The van der Waals surface area contributed by atoms with Crippen molar-refractivity contribution in [2.75, 3.05) is 20.1 Å². The molecular formula is C16H23N3O2. The van der Waals surface area contributed by atoms with Crippen LogP contribution in [0, 0.1) is 0 Å². The van der Waals surface area contributed by atoms with Crippen molar-refractivity contribution in [2.24, 2.45) is 0 Å². The molecule has 0 spiro atoms. The summed E-state index contributed by atoms with van der Waals surface area (Å²) in [4.78, 5) is 14.2. The Morgan fingerprint density at radius 3 is 2.86 bits per heavy atom. The zero-order valence-electron chi connectivity index (χ0n) is 12.5. The second-order valence-electron chi connectivity index (χ2n) is 6.00. The summed E-state index contributed by atoms with van der Waals surface area (Å²) in [6.45, 7) is 4.06. The number of hydrogen-bond acceptors (Lipinski definition) is 3. The number of nitrogens with one attached hydrogen (secondary N) is 2. The quantitative estimate of drug-likeness (QED) is 0.889. The molecule has 5 nitrogen and oxygen atoms in total. The van der Waals surface area contributed by atoms with Crippen molar-refractivity contribution in [3.63, 3.8) is 0 Å². The lowest BCUT2D eigenvalue weighted by Gasteiger charge is -2.29. The van der Waals surface area contributed by atoms with Crippen LogP contribution < -0.4 is 10.6 Å². The second kappa shape index (κ2) is 6.45.